The smallest absolute Gasteiger partial charge is 0.149 e. The van der Waals surface area contributed by atoms with E-state index in [1.165, 1.54) is 18.2 Å². The third-order valence-corrected chi connectivity index (χ3v) is 3.07. The van der Waals surface area contributed by atoms with Gasteiger partial charge in [-0.1, -0.05) is 6.07 Å². The molecular weight excluding hydrogens is 238 g/mol. The highest BCUT2D eigenvalue weighted by molar-refractivity contribution is 5.49. The van der Waals surface area contributed by atoms with Crippen LogP contribution in [-0.2, 0) is 4.74 Å². The Balaban J connectivity index is 2.21. The Bertz CT molecular complexity index is 394. The molecule has 0 saturated carbocycles. The van der Waals surface area contributed by atoms with Crippen molar-refractivity contribution in [2.45, 2.75) is 25.6 Å². The summed E-state index contributed by atoms with van der Waals surface area (Å²) in [5, 5.41) is 0. The van der Waals surface area contributed by atoms with Crippen LogP contribution in [0.15, 0.2) is 18.2 Å². The molecule has 1 saturated heterocycles. The molecule has 18 heavy (non-hydrogen) atoms. The molecule has 3 nitrogen and oxygen atoms in total. The summed E-state index contributed by atoms with van der Waals surface area (Å²) in [5.41, 5.74) is 5.54. The van der Waals surface area contributed by atoms with Crippen LogP contribution in [0.4, 0.5) is 14.5 Å². The highest BCUT2D eigenvalue weighted by Crippen LogP contribution is 2.27. The number of ether oxygens (including phenoxy) is 1. The van der Waals surface area contributed by atoms with Crippen LogP contribution in [0, 0.1) is 11.6 Å². The van der Waals surface area contributed by atoms with E-state index in [9.17, 15) is 8.78 Å². The van der Waals surface area contributed by atoms with Crippen molar-refractivity contribution in [3.8, 4) is 0 Å². The molecule has 1 aromatic rings. The normalized spacial score (nSPS) is 24.3. The summed E-state index contributed by atoms with van der Waals surface area (Å²) in [5.74, 6) is -1.06. The average molecular weight is 256 g/mol. The van der Waals surface area contributed by atoms with E-state index < -0.39 is 11.6 Å². The molecule has 1 fully saturated rings. The summed E-state index contributed by atoms with van der Waals surface area (Å²) < 4.78 is 33.1. The molecule has 0 amide bonds. The van der Waals surface area contributed by atoms with E-state index in [2.05, 4.69) is 0 Å². The van der Waals surface area contributed by atoms with Gasteiger partial charge in [-0.25, -0.2) is 8.78 Å². The summed E-state index contributed by atoms with van der Waals surface area (Å²) in [6, 6.07) is 3.92. The van der Waals surface area contributed by atoms with E-state index in [0.717, 1.165) is 0 Å². The van der Waals surface area contributed by atoms with E-state index in [-0.39, 0.29) is 17.9 Å². The number of morpholine rings is 1. The molecule has 2 unspecified atom stereocenters. The zero-order chi connectivity index (χ0) is 13.1. The second kappa shape index (κ2) is 5.63. The van der Waals surface area contributed by atoms with Gasteiger partial charge in [0.15, 0.2) is 0 Å². The molecular formula is C13H18F2N2O. The van der Waals surface area contributed by atoms with Gasteiger partial charge in [0, 0.05) is 13.1 Å². The largest absolute Gasteiger partial charge is 0.372 e. The first-order chi connectivity index (χ1) is 8.61. The monoisotopic (exact) mass is 256 g/mol. The van der Waals surface area contributed by atoms with Crippen LogP contribution in [0.25, 0.3) is 0 Å². The Labute approximate surface area is 106 Å². The molecule has 2 atom stereocenters. The quantitative estimate of drug-likeness (QED) is 0.897. The van der Waals surface area contributed by atoms with Gasteiger partial charge in [0.1, 0.15) is 17.3 Å². The van der Waals surface area contributed by atoms with Crippen LogP contribution >= 0.6 is 0 Å². The van der Waals surface area contributed by atoms with Crippen LogP contribution in [0.5, 0.6) is 0 Å². The molecule has 0 radical (unpaired) electrons. The molecule has 0 aromatic heterocycles. The van der Waals surface area contributed by atoms with Crippen molar-refractivity contribution in [1.29, 1.82) is 0 Å². The Morgan fingerprint density at radius 3 is 2.61 bits per heavy atom. The molecule has 1 aliphatic rings. The lowest BCUT2D eigenvalue weighted by Crippen LogP contribution is -2.47. The second-order valence-electron chi connectivity index (χ2n) is 4.62. The van der Waals surface area contributed by atoms with E-state index in [1.807, 2.05) is 6.92 Å². The van der Waals surface area contributed by atoms with Crippen LogP contribution in [0.1, 0.15) is 13.3 Å². The van der Waals surface area contributed by atoms with E-state index in [4.69, 9.17) is 10.5 Å². The molecule has 0 aliphatic carbocycles. The first-order valence-electron chi connectivity index (χ1n) is 6.16. The van der Waals surface area contributed by atoms with Gasteiger partial charge in [-0.3, -0.25) is 0 Å². The molecule has 0 spiro atoms. The highest BCUT2D eigenvalue weighted by atomic mass is 19.1. The lowest BCUT2D eigenvalue weighted by Gasteiger charge is -2.38. The SMILES string of the molecule is CC1CN(c2c(F)cccc2F)CC(CCN)O1. The molecule has 2 N–H and O–H groups in total. The van der Waals surface area contributed by atoms with Crippen molar-refractivity contribution >= 4 is 5.69 Å². The Kier molecular flexibility index (Phi) is 4.14. The fraction of sp³-hybridized carbons (Fsp3) is 0.538. The summed E-state index contributed by atoms with van der Waals surface area (Å²) in [4.78, 5) is 1.71. The van der Waals surface area contributed by atoms with Gasteiger partial charge in [-0.2, -0.15) is 0 Å². The molecule has 1 aromatic carbocycles. The standard InChI is InChI=1S/C13H18F2N2O/c1-9-7-17(8-10(18-9)5-6-16)13-11(14)3-2-4-12(13)15/h2-4,9-10H,5-8,16H2,1H3. The van der Waals surface area contributed by atoms with Gasteiger partial charge in [0.25, 0.3) is 0 Å². The number of halogens is 2. The van der Waals surface area contributed by atoms with Crippen molar-refractivity contribution in [1.82, 2.24) is 0 Å². The summed E-state index contributed by atoms with van der Waals surface area (Å²) in [6.45, 7) is 3.36. The summed E-state index contributed by atoms with van der Waals surface area (Å²) in [7, 11) is 0. The van der Waals surface area contributed by atoms with Crippen molar-refractivity contribution in [3.63, 3.8) is 0 Å². The van der Waals surface area contributed by atoms with E-state index in [0.29, 0.717) is 26.1 Å². The van der Waals surface area contributed by atoms with Crippen molar-refractivity contribution in [2.75, 3.05) is 24.5 Å². The maximum atomic E-state index is 13.7. The third kappa shape index (κ3) is 2.79. The highest BCUT2D eigenvalue weighted by Gasteiger charge is 2.28. The molecule has 100 valence electrons. The lowest BCUT2D eigenvalue weighted by molar-refractivity contribution is -0.0187. The number of hydrogen-bond acceptors (Lipinski definition) is 3. The van der Waals surface area contributed by atoms with Crippen molar-refractivity contribution in [2.24, 2.45) is 5.73 Å². The minimum Gasteiger partial charge on any atom is -0.372 e. The zero-order valence-electron chi connectivity index (χ0n) is 10.4. The summed E-state index contributed by atoms with van der Waals surface area (Å²) >= 11 is 0. The molecule has 5 heteroatoms. The van der Waals surface area contributed by atoms with Crippen LogP contribution in [0.3, 0.4) is 0 Å². The number of rotatable bonds is 3. The maximum Gasteiger partial charge on any atom is 0.149 e. The Morgan fingerprint density at radius 1 is 1.33 bits per heavy atom. The summed E-state index contributed by atoms with van der Waals surface area (Å²) in [6.07, 6.45) is 0.559. The van der Waals surface area contributed by atoms with Crippen LogP contribution < -0.4 is 10.6 Å². The molecule has 1 aliphatic heterocycles. The fourth-order valence-corrected chi connectivity index (χ4v) is 2.36. The molecule has 0 bridgehead atoms. The van der Waals surface area contributed by atoms with Gasteiger partial charge in [-0.05, 0) is 32.0 Å². The van der Waals surface area contributed by atoms with Crippen molar-refractivity contribution < 1.29 is 13.5 Å². The predicted molar refractivity (Wildman–Crippen MR) is 66.6 cm³/mol. The Morgan fingerprint density at radius 2 is 2.00 bits per heavy atom. The number of para-hydroxylation sites is 1. The minimum atomic E-state index is -0.532. The second-order valence-corrected chi connectivity index (χ2v) is 4.62. The molecule has 1 heterocycles. The van der Waals surface area contributed by atoms with Gasteiger partial charge >= 0.3 is 0 Å². The topological polar surface area (TPSA) is 38.5 Å². The average Bonchev–Trinajstić information content (AvgIpc) is 2.28. The Hall–Kier alpha value is -1.20. The van der Waals surface area contributed by atoms with Crippen molar-refractivity contribution in [3.05, 3.63) is 29.8 Å². The van der Waals surface area contributed by atoms with E-state index >= 15 is 0 Å². The number of nitrogens with zero attached hydrogens (tertiary/aromatic N) is 1. The fourth-order valence-electron chi connectivity index (χ4n) is 2.36. The van der Waals surface area contributed by atoms with Gasteiger partial charge in [0.2, 0.25) is 0 Å². The van der Waals surface area contributed by atoms with Gasteiger partial charge in [-0.15, -0.1) is 0 Å². The first-order valence-corrected chi connectivity index (χ1v) is 6.16. The third-order valence-electron chi connectivity index (χ3n) is 3.07. The van der Waals surface area contributed by atoms with Crippen LogP contribution in [-0.4, -0.2) is 31.8 Å². The van der Waals surface area contributed by atoms with Crippen LogP contribution in [0.2, 0.25) is 0 Å². The minimum absolute atomic E-state index is 0.0367. The molecule has 2 rings (SSSR count). The number of hydrogen-bond donors (Lipinski definition) is 1. The maximum absolute atomic E-state index is 13.7. The predicted octanol–water partition coefficient (Wildman–Crippen LogP) is 1.91. The first kappa shape index (κ1) is 13.2. The zero-order valence-corrected chi connectivity index (χ0v) is 10.4. The number of anilines is 1. The number of nitrogens with two attached hydrogens (primary N) is 1. The van der Waals surface area contributed by atoms with E-state index in [1.54, 1.807) is 4.90 Å². The lowest BCUT2D eigenvalue weighted by atomic mass is 10.1. The van der Waals surface area contributed by atoms with Gasteiger partial charge in [0.05, 0.1) is 12.2 Å². The number of benzene rings is 1. The van der Waals surface area contributed by atoms with Gasteiger partial charge < -0.3 is 15.4 Å².